The topological polar surface area (TPSA) is 52.7 Å². The summed E-state index contributed by atoms with van der Waals surface area (Å²) in [5, 5.41) is 0. The van der Waals surface area contributed by atoms with Crippen LogP contribution in [-0.2, 0) is 0 Å². The second kappa shape index (κ2) is 3.98. The lowest BCUT2D eigenvalue weighted by molar-refractivity contribution is 0.531. The Morgan fingerprint density at radius 2 is 1.65 bits per heavy atom. The molecule has 0 unspecified atom stereocenters. The summed E-state index contributed by atoms with van der Waals surface area (Å²) in [5.74, 6) is 0. The number of nitrogens with zero attached hydrogens (tertiary/aromatic N) is 4. The molecule has 92 valence electrons. The van der Waals surface area contributed by atoms with Crippen molar-refractivity contribution in [2.24, 2.45) is 0 Å². The number of aromatic nitrogens is 4. The van der Waals surface area contributed by atoms with Crippen LogP contribution in [0.5, 0.6) is 0 Å². The van der Waals surface area contributed by atoms with Crippen molar-refractivity contribution >= 4 is 11.2 Å². The molecule has 17 heavy (non-hydrogen) atoms. The van der Waals surface area contributed by atoms with Gasteiger partial charge in [0.05, 0.1) is 5.69 Å². The van der Waals surface area contributed by atoms with E-state index in [1.165, 1.54) is 6.33 Å². The van der Waals surface area contributed by atoms with Gasteiger partial charge < -0.3 is 0 Å². The van der Waals surface area contributed by atoms with Crippen molar-refractivity contribution in [3.8, 4) is 0 Å². The summed E-state index contributed by atoms with van der Waals surface area (Å²) in [7, 11) is 0. The molecule has 0 saturated carbocycles. The van der Waals surface area contributed by atoms with Crippen molar-refractivity contribution in [2.45, 2.75) is 46.7 Å². The van der Waals surface area contributed by atoms with Crippen LogP contribution in [0.15, 0.2) is 11.1 Å². The normalized spacial score (nSPS) is 11.9. The molecule has 0 fully saturated rings. The highest BCUT2D eigenvalue weighted by Gasteiger charge is 2.19. The fourth-order valence-electron chi connectivity index (χ4n) is 2.16. The summed E-state index contributed by atoms with van der Waals surface area (Å²) in [6.07, 6.45) is 1.51. The maximum atomic E-state index is 12.4. The van der Waals surface area contributed by atoms with Crippen molar-refractivity contribution in [3.63, 3.8) is 0 Å². The van der Waals surface area contributed by atoms with E-state index in [1.54, 1.807) is 9.13 Å². The predicted octanol–water partition coefficient (Wildman–Crippen LogP) is 2.06. The van der Waals surface area contributed by atoms with Gasteiger partial charge in [-0.05, 0) is 34.6 Å². The molecule has 0 aliphatic carbocycles. The highest BCUT2D eigenvalue weighted by molar-refractivity contribution is 5.74. The van der Waals surface area contributed by atoms with Crippen LogP contribution in [0.1, 0.15) is 45.5 Å². The minimum absolute atomic E-state index is 0.00593. The van der Waals surface area contributed by atoms with Crippen molar-refractivity contribution in [2.75, 3.05) is 0 Å². The number of hydrogen-bond donors (Lipinski definition) is 0. The summed E-state index contributed by atoms with van der Waals surface area (Å²) < 4.78 is 3.49. The van der Waals surface area contributed by atoms with E-state index in [-0.39, 0.29) is 17.8 Å². The third-order valence-corrected chi connectivity index (χ3v) is 2.90. The first-order valence-electron chi connectivity index (χ1n) is 5.89. The first-order valence-corrected chi connectivity index (χ1v) is 5.89. The van der Waals surface area contributed by atoms with E-state index < -0.39 is 0 Å². The Balaban J connectivity index is 2.99. The van der Waals surface area contributed by atoms with Gasteiger partial charge in [0.2, 0.25) is 0 Å². The monoisotopic (exact) mass is 234 g/mol. The first kappa shape index (κ1) is 11.8. The lowest BCUT2D eigenvalue weighted by Gasteiger charge is -2.07. The third kappa shape index (κ3) is 1.66. The van der Waals surface area contributed by atoms with Gasteiger partial charge in [0.15, 0.2) is 5.65 Å². The Kier molecular flexibility index (Phi) is 2.77. The van der Waals surface area contributed by atoms with E-state index in [1.807, 2.05) is 34.6 Å². The summed E-state index contributed by atoms with van der Waals surface area (Å²) >= 11 is 0. The molecule has 5 nitrogen and oxygen atoms in total. The van der Waals surface area contributed by atoms with Gasteiger partial charge >= 0.3 is 5.69 Å². The fraction of sp³-hybridized carbons (Fsp3) is 0.583. The molecule has 0 aliphatic rings. The Morgan fingerprint density at radius 3 is 2.18 bits per heavy atom. The Morgan fingerprint density at radius 1 is 1.06 bits per heavy atom. The molecule has 2 aromatic rings. The Hall–Kier alpha value is -1.65. The van der Waals surface area contributed by atoms with E-state index >= 15 is 0 Å². The molecule has 0 N–H and O–H groups in total. The van der Waals surface area contributed by atoms with Gasteiger partial charge in [0.1, 0.15) is 11.8 Å². The lowest BCUT2D eigenvalue weighted by Crippen LogP contribution is -2.26. The van der Waals surface area contributed by atoms with Gasteiger partial charge in [-0.25, -0.2) is 14.8 Å². The molecule has 2 heterocycles. The Labute approximate surface area is 100 Å². The van der Waals surface area contributed by atoms with Crippen LogP contribution >= 0.6 is 0 Å². The molecular weight excluding hydrogens is 216 g/mol. The van der Waals surface area contributed by atoms with Gasteiger partial charge in [-0.15, -0.1) is 0 Å². The third-order valence-electron chi connectivity index (χ3n) is 2.90. The van der Waals surface area contributed by atoms with Crippen LogP contribution < -0.4 is 5.69 Å². The molecule has 0 aliphatic heterocycles. The van der Waals surface area contributed by atoms with Crippen LogP contribution in [0, 0.1) is 6.92 Å². The second-order valence-corrected chi connectivity index (χ2v) is 4.84. The van der Waals surface area contributed by atoms with Gasteiger partial charge in [-0.1, -0.05) is 0 Å². The molecule has 2 rings (SSSR count). The highest BCUT2D eigenvalue weighted by atomic mass is 16.2. The minimum Gasteiger partial charge on any atom is -0.286 e. The number of hydrogen-bond acceptors (Lipinski definition) is 3. The largest absolute Gasteiger partial charge is 0.330 e. The van der Waals surface area contributed by atoms with E-state index in [2.05, 4.69) is 9.97 Å². The van der Waals surface area contributed by atoms with Crippen LogP contribution in [0.3, 0.4) is 0 Å². The molecule has 0 bridgehead atoms. The van der Waals surface area contributed by atoms with E-state index in [4.69, 9.17) is 0 Å². The van der Waals surface area contributed by atoms with E-state index in [0.717, 1.165) is 16.9 Å². The average Bonchev–Trinajstić information content (AvgIpc) is 2.51. The first-order chi connectivity index (χ1) is 7.95. The van der Waals surface area contributed by atoms with Gasteiger partial charge in [-0.3, -0.25) is 9.13 Å². The maximum Gasteiger partial charge on any atom is 0.330 e. The quantitative estimate of drug-likeness (QED) is 0.799. The smallest absolute Gasteiger partial charge is 0.286 e. The van der Waals surface area contributed by atoms with Gasteiger partial charge in [-0.2, -0.15) is 0 Å². The summed E-state index contributed by atoms with van der Waals surface area (Å²) in [6.45, 7) is 9.88. The maximum absolute atomic E-state index is 12.4. The van der Waals surface area contributed by atoms with E-state index in [9.17, 15) is 4.79 Å². The molecule has 5 heteroatoms. The zero-order chi connectivity index (χ0) is 12.7. The van der Waals surface area contributed by atoms with Crippen LogP contribution in [0.2, 0.25) is 0 Å². The summed E-state index contributed by atoms with van der Waals surface area (Å²) in [6, 6.07) is 0.203. The van der Waals surface area contributed by atoms with Crippen molar-refractivity contribution in [3.05, 3.63) is 22.5 Å². The number of imidazole rings is 1. The highest BCUT2D eigenvalue weighted by Crippen LogP contribution is 2.19. The minimum atomic E-state index is -0.00593. The van der Waals surface area contributed by atoms with Crippen molar-refractivity contribution in [1.82, 2.24) is 19.1 Å². The zero-order valence-electron chi connectivity index (χ0n) is 10.9. The number of aryl methyl sites for hydroxylation is 1. The molecule has 2 aromatic heterocycles. The molecule has 0 amide bonds. The van der Waals surface area contributed by atoms with Gasteiger partial charge in [0, 0.05) is 12.1 Å². The van der Waals surface area contributed by atoms with Crippen molar-refractivity contribution < 1.29 is 0 Å². The Bertz CT molecular complexity index is 607. The molecular formula is C12H18N4O. The molecule has 0 aromatic carbocycles. The van der Waals surface area contributed by atoms with Crippen LogP contribution in [0.25, 0.3) is 11.2 Å². The fourth-order valence-corrected chi connectivity index (χ4v) is 2.16. The molecule has 0 saturated heterocycles. The van der Waals surface area contributed by atoms with Gasteiger partial charge in [0.25, 0.3) is 0 Å². The molecule has 0 atom stereocenters. The second-order valence-electron chi connectivity index (χ2n) is 4.84. The predicted molar refractivity (Wildman–Crippen MR) is 67.3 cm³/mol. The summed E-state index contributed by atoms with van der Waals surface area (Å²) in [5.41, 5.74) is 2.42. The van der Waals surface area contributed by atoms with E-state index in [0.29, 0.717) is 0 Å². The van der Waals surface area contributed by atoms with Crippen LogP contribution in [0.4, 0.5) is 0 Å². The van der Waals surface area contributed by atoms with Crippen LogP contribution in [-0.4, -0.2) is 19.1 Å². The average molecular weight is 234 g/mol. The number of fused-ring (bicyclic) bond motifs is 1. The number of rotatable bonds is 2. The lowest BCUT2D eigenvalue weighted by atomic mass is 10.3. The molecule has 0 spiro atoms. The SMILES string of the molecule is Cc1ncnc2c1n(C(C)C)c(=O)n2C(C)C. The zero-order valence-corrected chi connectivity index (χ0v) is 10.9. The molecule has 0 radical (unpaired) electrons. The standard InChI is InChI=1S/C12H18N4O/c1-7(2)15-10-9(5)13-6-14-11(10)16(8(3)4)12(15)17/h6-8H,1-5H3. The van der Waals surface area contributed by atoms with Crippen molar-refractivity contribution in [1.29, 1.82) is 0 Å². The summed E-state index contributed by atoms with van der Waals surface area (Å²) in [4.78, 5) is 20.8.